The third kappa shape index (κ3) is 7.89. The summed E-state index contributed by atoms with van der Waals surface area (Å²) in [7, 11) is 0. The van der Waals surface area contributed by atoms with Gasteiger partial charge in [0.2, 0.25) is 5.56 Å². The van der Waals surface area contributed by atoms with E-state index in [2.05, 4.69) is 19.2 Å². The van der Waals surface area contributed by atoms with E-state index >= 15 is 0 Å². The molecular formula is C12H19F3N2O. The van der Waals surface area contributed by atoms with Crippen molar-refractivity contribution in [1.29, 1.82) is 0 Å². The van der Waals surface area contributed by atoms with Crippen LogP contribution in [-0.2, 0) is 6.18 Å². The number of hydrogen-bond donors (Lipinski definition) is 2. The molecule has 2 N–H and O–H groups in total. The fraction of sp³-hybridized carbons (Fsp3) is 0.583. The summed E-state index contributed by atoms with van der Waals surface area (Å²) in [6, 6.07) is 2.89. The van der Waals surface area contributed by atoms with Crippen LogP contribution in [0.1, 0.15) is 32.4 Å². The quantitative estimate of drug-likeness (QED) is 0.821. The molecule has 0 unspecified atom stereocenters. The van der Waals surface area contributed by atoms with E-state index in [1.807, 2.05) is 0 Å². The van der Waals surface area contributed by atoms with Crippen molar-refractivity contribution >= 4 is 0 Å². The van der Waals surface area contributed by atoms with Crippen LogP contribution in [0.4, 0.5) is 13.2 Å². The van der Waals surface area contributed by atoms with Gasteiger partial charge in [0, 0.05) is 6.07 Å². The fourth-order valence-corrected chi connectivity index (χ4v) is 1.09. The van der Waals surface area contributed by atoms with Crippen LogP contribution in [0.5, 0.6) is 0 Å². The summed E-state index contributed by atoms with van der Waals surface area (Å²) in [5.74, 6) is 0. The molecule has 0 aliphatic carbocycles. The zero-order chi connectivity index (χ0) is 14.0. The van der Waals surface area contributed by atoms with Gasteiger partial charge in [0.1, 0.15) is 5.69 Å². The number of aromatic amines is 1. The minimum absolute atomic E-state index is 0.750. The maximum atomic E-state index is 11.8. The van der Waals surface area contributed by atoms with Gasteiger partial charge in [0.25, 0.3) is 0 Å². The molecule has 6 heteroatoms. The number of nitrogens with one attached hydrogen (secondary N) is 2. The monoisotopic (exact) mass is 264 g/mol. The number of alkyl halides is 3. The highest BCUT2D eigenvalue weighted by Crippen LogP contribution is 2.25. The number of unbranched alkanes of at least 4 members (excludes halogenated alkanes) is 1. The van der Waals surface area contributed by atoms with Gasteiger partial charge in [-0.25, -0.2) is 0 Å². The Labute approximate surface area is 104 Å². The molecule has 0 amide bonds. The summed E-state index contributed by atoms with van der Waals surface area (Å²) in [5.41, 5.74) is -1.77. The molecule has 0 saturated heterocycles. The van der Waals surface area contributed by atoms with Crippen LogP contribution in [0, 0.1) is 0 Å². The Hall–Kier alpha value is -1.30. The van der Waals surface area contributed by atoms with E-state index in [4.69, 9.17) is 0 Å². The van der Waals surface area contributed by atoms with Crippen LogP contribution in [0.3, 0.4) is 0 Å². The Morgan fingerprint density at radius 1 is 1.28 bits per heavy atom. The summed E-state index contributed by atoms with van der Waals surface area (Å²) in [4.78, 5) is 12.0. The predicted octanol–water partition coefficient (Wildman–Crippen LogP) is 2.79. The number of rotatable bonds is 4. The lowest BCUT2D eigenvalue weighted by molar-refractivity contribution is -0.141. The van der Waals surface area contributed by atoms with E-state index in [-0.39, 0.29) is 0 Å². The summed E-state index contributed by atoms with van der Waals surface area (Å²) in [6.45, 7) is 6.64. The fourth-order valence-electron chi connectivity index (χ4n) is 1.09. The van der Waals surface area contributed by atoms with Gasteiger partial charge in [-0.15, -0.1) is 0 Å². The van der Waals surface area contributed by atoms with Gasteiger partial charge in [0.15, 0.2) is 0 Å². The second-order valence-corrected chi connectivity index (χ2v) is 3.63. The topological polar surface area (TPSA) is 44.9 Å². The van der Waals surface area contributed by atoms with Crippen molar-refractivity contribution in [3.05, 3.63) is 34.2 Å². The largest absolute Gasteiger partial charge is 0.431 e. The third-order valence-electron chi connectivity index (χ3n) is 2.03. The molecule has 1 heterocycles. The summed E-state index contributed by atoms with van der Waals surface area (Å²) < 4.78 is 35.4. The van der Waals surface area contributed by atoms with Crippen LogP contribution < -0.4 is 10.9 Å². The van der Waals surface area contributed by atoms with Gasteiger partial charge in [0.05, 0.1) is 0 Å². The van der Waals surface area contributed by atoms with Crippen LogP contribution in [-0.4, -0.2) is 18.1 Å². The first-order valence-electron chi connectivity index (χ1n) is 5.89. The van der Waals surface area contributed by atoms with Gasteiger partial charge in [-0.1, -0.05) is 26.3 Å². The number of H-pyrrole nitrogens is 1. The van der Waals surface area contributed by atoms with Crippen molar-refractivity contribution < 1.29 is 13.2 Å². The Morgan fingerprint density at radius 3 is 2.33 bits per heavy atom. The van der Waals surface area contributed by atoms with E-state index in [1.54, 1.807) is 4.98 Å². The second kappa shape index (κ2) is 8.74. The molecule has 0 spiro atoms. The maximum absolute atomic E-state index is 11.8. The molecule has 0 fully saturated rings. The van der Waals surface area contributed by atoms with Gasteiger partial charge in [-0.3, -0.25) is 4.79 Å². The van der Waals surface area contributed by atoms with E-state index in [9.17, 15) is 18.0 Å². The molecule has 104 valence electrons. The molecule has 1 rings (SSSR count). The van der Waals surface area contributed by atoms with E-state index < -0.39 is 17.4 Å². The first-order chi connectivity index (χ1) is 8.41. The smallest absolute Gasteiger partial charge is 0.318 e. The van der Waals surface area contributed by atoms with Crippen LogP contribution in [0.2, 0.25) is 0 Å². The lowest BCUT2D eigenvalue weighted by Crippen LogP contribution is -2.14. The van der Waals surface area contributed by atoms with Crippen LogP contribution >= 0.6 is 0 Å². The lowest BCUT2D eigenvalue weighted by atomic mass is 10.3. The highest BCUT2D eigenvalue weighted by atomic mass is 19.4. The standard InChI is InChI=1S/C6H4F3NO.C6H15N/c7-6(8,9)4-2-1-3-5(11)10-4;1-3-5-6-7-4-2/h1-3H,(H,10,11);7H,3-6H2,1-2H3. The summed E-state index contributed by atoms with van der Waals surface area (Å²) in [5, 5.41) is 3.25. The molecule has 0 aromatic carbocycles. The van der Waals surface area contributed by atoms with Gasteiger partial charge >= 0.3 is 6.18 Å². The summed E-state index contributed by atoms with van der Waals surface area (Å²) >= 11 is 0. The third-order valence-corrected chi connectivity index (χ3v) is 2.03. The Balaban J connectivity index is 0.000000360. The molecule has 0 saturated carbocycles. The number of hydrogen-bond acceptors (Lipinski definition) is 2. The van der Waals surface area contributed by atoms with Crippen LogP contribution in [0.25, 0.3) is 0 Å². The number of pyridine rings is 1. The van der Waals surface area contributed by atoms with E-state index in [0.717, 1.165) is 24.7 Å². The molecule has 18 heavy (non-hydrogen) atoms. The average molecular weight is 264 g/mol. The van der Waals surface area contributed by atoms with Crippen molar-refractivity contribution in [3.63, 3.8) is 0 Å². The van der Waals surface area contributed by atoms with Crippen LogP contribution in [0.15, 0.2) is 23.0 Å². The van der Waals surface area contributed by atoms with Crippen molar-refractivity contribution in [2.45, 2.75) is 32.9 Å². The second-order valence-electron chi connectivity index (χ2n) is 3.63. The zero-order valence-electron chi connectivity index (χ0n) is 10.6. The molecule has 1 aromatic heterocycles. The van der Waals surface area contributed by atoms with Crippen molar-refractivity contribution in [2.75, 3.05) is 13.1 Å². The first-order valence-corrected chi connectivity index (χ1v) is 5.89. The van der Waals surface area contributed by atoms with Gasteiger partial charge < -0.3 is 10.3 Å². The minimum Gasteiger partial charge on any atom is -0.318 e. The molecule has 0 atom stereocenters. The Bertz CT molecular complexity index is 370. The highest BCUT2D eigenvalue weighted by Gasteiger charge is 2.31. The number of aromatic nitrogens is 1. The minimum atomic E-state index is -4.47. The number of halogens is 3. The highest BCUT2D eigenvalue weighted by molar-refractivity contribution is 5.06. The molecule has 1 aromatic rings. The predicted molar refractivity (Wildman–Crippen MR) is 65.5 cm³/mol. The van der Waals surface area contributed by atoms with E-state index in [0.29, 0.717) is 0 Å². The summed E-state index contributed by atoms with van der Waals surface area (Å²) in [6.07, 6.45) is -1.86. The van der Waals surface area contributed by atoms with Crippen molar-refractivity contribution in [3.8, 4) is 0 Å². The average Bonchev–Trinajstić information content (AvgIpc) is 2.29. The zero-order valence-corrected chi connectivity index (χ0v) is 10.6. The molecule has 3 nitrogen and oxygen atoms in total. The van der Waals surface area contributed by atoms with Crippen molar-refractivity contribution in [1.82, 2.24) is 10.3 Å². The first kappa shape index (κ1) is 16.7. The molecule has 0 radical (unpaired) electrons. The maximum Gasteiger partial charge on any atom is 0.431 e. The Morgan fingerprint density at radius 2 is 1.94 bits per heavy atom. The van der Waals surface area contributed by atoms with Crippen molar-refractivity contribution in [2.24, 2.45) is 0 Å². The lowest BCUT2D eigenvalue weighted by Gasteiger charge is -2.03. The molecular weight excluding hydrogens is 245 g/mol. The SMILES string of the molecule is CCCCNCC.O=c1cccc(C(F)(F)F)[nH]1. The van der Waals surface area contributed by atoms with Gasteiger partial charge in [-0.2, -0.15) is 13.2 Å². The Kier molecular flexibility index (Phi) is 8.11. The molecule has 0 aliphatic rings. The molecule has 0 aliphatic heterocycles. The molecule has 0 bridgehead atoms. The normalized spacial score (nSPS) is 10.7. The van der Waals surface area contributed by atoms with E-state index in [1.165, 1.54) is 19.4 Å². The van der Waals surface area contributed by atoms with Gasteiger partial charge in [-0.05, 0) is 25.6 Å².